The molecule has 1 aromatic rings. The second-order valence-corrected chi connectivity index (χ2v) is 8.83. The zero-order valence-electron chi connectivity index (χ0n) is 14.5. The van der Waals surface area contributed by atoms with E-state index in [1.165, 1.54) is 23.5 Å². The molecule has 0 spiro atoms. The van der Waals surface area contributed by atoms with E-state index in [4.69, 9.17) is 4.74 Å². The molecule has 25 heavy (non-hydrogen) atoms. The Kier molecular flexibility index (Phi) is 4.36. The number of rotatable bonds is 3. The Morgan fingerprint density at radius 3 is 2.72 bits per heavy atom. The number of anilines is 1. The standard InChI is InChI=1S/C17H22N2O5S/c1-17(2)12-10-11(7-8-13(12)18-16(17)21)25(22,23)19-9-5-4-6-14(19)15(20)24-3/h7-8,10,14H,4-6,9H2,1-3H3,(H,18,21)/t14-/m1/s1. The van der Waals surface area contributed by atoms with E-state index in [0.29, 0.717) is 24.1 Å². The number of sulfonamides is 1. The van der Waals surface area contributed by atoms with E-state index >= 15 is 0 Å². The fraction of sp³-hybridized carbons (Fsp3) is 0.529. The van der Waals surface area contributed by atoms with Crippen LogP contribution in [0.5, 0.6) is 0 Å². The maximum absolute atomic E-state index is 13.1. The van der Waals surface area contributed by atoms with Crippen molar-refractivity contribution in [1.82, 2.24) is 4.31 Å². The minimum atomic E-state index is -3.86. The monoisotopic (exact) mass is 366 g/mol. The summed E-state index contributed by atoms with van der Waals surface area (Å²) in [6, 6.07) is 3.81. The van der Waals surface area contributed by atoms with Crippen LogP contribution in [0.15, 0.2) is 23.1 Å². The topological polar surface area (TPSA) is 92.8 Å². The molecule has 1 amide bonds. The zero-order valence-corrected chi connectivity index (χ0v) is 15.4. The third-order valence-corrected chi connectivity index (χ3v) is 6.92. The van der Waals surface area contributed by atoms with Gasteiger partial charge in [0.25, 0.3) is 0 Å². The lowest BCUT2D eigenvalue weighted by molar-refractivity contribution is -0.146. The lowest BCUT2D eigenvalue weighted by Crippen LogP contribution is -2.48. The van der Waals surface area contributed by atoms with Crippen molar-refractivity contribution in [2.75, 3.05) is 19.0 Å². The Hall–Kier alpha value is -1.93. The first kappa shape index (κ1) is 17.9. The zero-order chi connectivity index (χ0) is 18.4. The highest BCUT2D eigenvalue weighted by molar-refractivity contribution is 7.89. The molecule has 0 unspecified atom stereocenters. The van der Waals surface area contributed by atoms with Crippen molar-refractivity contribution in [3.05, 3.63) is 23.8 Å². The van der Waals surface area contributed by atoms with Crippen molar-refractivity contribution in [3.63, 3.8) is 0 Å². The number of esters is 1. The van der Waals surface area contributed by atoms with E-state index in [0.717, 1.165) is 6.42 Å². The molecule has 2 aliphatic heterocycles. The molecule has 1 N–H and O–H groups in total. The lowest BCUT2D eigenvalue weighted by atomic mass is 9.86. The minimum absolute atomic E-state index is 0.0895. The van der Waals surface area contributed by atoms with Gasteiger partial charge in [0.15, 0.2) is 0 Å². The molecule has 1 fully saturated rings. The summed E-state index contributed by atoms with van der Waals surface area (Å²) in [6.45, 7) is 3.78. The molecule has 1 atom stereocenters. The SMILES string of the molecule is COC(=O)[C@H]1CCCCN1S(=O)(=O)c1ccc2c(c1)C(C)(C)C(=O)N2. The van der Waals surface area contributed by atoms with Gasteiger partial charge in [-0.05, 0) is 56.9 Å². The first-order chi connectivity index (χ1) is 11.7. The average Bonchev–Trinajstić information content (AvgIpc) is 2.83. The van der Waals surface area contributed by atoms with E-state index in [-0.39, 0.29) is 17.3 Å². The molecular weight excluding hydrogens is 344 g/mol. The molecule has 3 rings (SSSR count). The molecule has 0 aliphatic carbocycles. The van der Waals surface area contributed by atoms with Crippen LogP contribution in [0.2, 0.25) is 0 Å². The number of nitrogens with zero attached hydrogens (tertiary/aromatic N) is 1. The Labute approximate surface area is 147 Å². The van der Waals surface area contributed by atoms with Gasteiger partial charge in [0.1, 0.15) is 6.04 Å². The molecule has 2 aliphatic rings. The van der Waals surface area contributed by atoms with Crippen LogP contribution >= 0.6 is 0 Å². The normalized spacial score (nSPS) is 23.0. The van der Waals surface area contributed by atoms with E-state index in [1.54, 1.807) is 19.9 Å². The Morgan fingerprint density at radius 2 is 2.04 bits per heavy atom. The summed E-state index contributed by atoms with van der Waals surface area (Å²) < 4.78 is 32.2. The summed E-state index contributed by atoms with van der Waals surface area (Å²) in [6.07, 6.45) is 1.92. The van der Waals surface area contributed by atoms with Crippen molar-refractivity contribution >= 4 is 27.6 Å². The predicted molar refractivity (Wildman–Crippen MR) is 91.6 cm³/mol. The van der Waals surface area contributed by atoms with Crippen molar-refractivity contribution in [3.8, 4) is 0 Å². The summed E-state index contributed by atoms with van der Waals surface area (Å²) in [4.78, 5) is 24.2. The van der Waals surface area contributed by atoms with Crippen molar-refractivity contribution < 1.29 is 22.7 Å². The number of fused-ring (bicyclic) bond motifs is 1. The molecule has 0 radical (unpaired) electrons. The van der Waals surface area contributed by atoms with Gasteiger partial charge in [-0.25, -0.2) is 8.42 Å². The molecule has 2 heterocycles. The van der Waals surface area contributed by atoms with Crippen molar-refractivity contribution in [2.45, 2.75) is 49.5 Å². The third kappa shape index (κ3) is 2.83. The maximum atomic E-state index is 13.1. The number of benzene rings is 1. The van der Waals surface area contributed by atoms with E-state index in [2.05, 4.69) is 5.32 Å². The highest BCUT2D eigenvalue weighted by atomic mass is 32.2. The second-order valence-electron chi connectivity index (χ2n) is 6.94. The van der Waals surface area contributed by atoms with Crippen LogP contribution in [0.25, 0.3) is 0 Å². The van der Waals surface area contributed by atoms with Gasteiger partial charge in [-0.15, -0.1) is 0 Å². The summed E-state index contributed by atoms with van der Waals surface area (Å²) >= 11 is 0. The van der Waals surface area contributed by atoms with Crippen LogP contribution in [-0.4, -0.2) is 44.3 Å². The average molecular weight is 366 g/mol. The number of methoxy groups -OCH3 is 1. The van der Waals surface area contributed by atoms with Gasteiger partial charge < -0.3 is 10.1 Å². The Balaban J connectivity index is 2.02. The molecule has 0 bridgehead atoms. The number of piperidine rings is 1. The summed E-state index contributed by atoms with van der Waals surface area (Å²) in [7, 11) is -2.60. The van der Waals surface area contributed by atoms with E-state index in [1.807, 2.05) is 0 Å². The number of carbonyl (C=O) groups excluding carboxylic acids is 2. The van der Waals surface area contributed by atoms with Gasteiger partial charge in [-0.2, -0.15) is 4.31 Å². The molecule has 8 heteroatoms. The minimum Gasteiger partial charge on any atom is -0.468 e. The highest BCUT2D eigenvalue weighted by Gasteiger charge is 2.42. The molecular formula is C17H22N2O5S. The highest BCUT2D eigenvalue weighted by Crippen LogP contribution is 2.39. The Bertz CT molecular complexity index is 831. The summed E-state index contributed by atoms with van der Waals surface area (Å²) in [5.74, 6) is -0.705. The third-order valence-electron chi connectivity index (χ3n) is 5.01. The molecule has 7 nitrogen and oxygen atoms in total. The predicted octanol–water partition coefficient (Wildman–Crippen LogP) is 1.63. The van der Waals surface area contributed by atoms with Crippen LogP contribution < -0.4 is 5.32 Å². The number of amides is 1. The number of hydrogen-bond acceptors (Lipinski definition) is 5. The van der Waals surface area contributed by atoms with Crippen LogP contribution in [0.4, 0.5) is 5.69 Å². The van der Waals surface area contributed by atoms with Gasteiger partial charge in [-0.3, -0.25) is 9.59 Å². The second kappa shape index (κ2) is 6.10. The number of nitrogens with one attached hydrogen (secondary N) is 1. The largest absolute Gasteiger partial charge is 0.468 e. The molecule has 1 aromatic carbocycles. The molecule has 0 aromatic heterocycles. The number of ether oxygens (including phenoxy) is 1. The van der Waals surface area contributed by atoms with Gasteiger partial charge in [0, 0.05) is 12.2 Å². The first-order valence-corrected chi connectivity index (χ1v) is 9.69. The maximum Gasteiger partial charge on any atom is 0.324 e. The van der Waals surface area contributed by atoms with Crippen LogP contribution in [0, 0.1) is 0 Å². The van der Waals surface area contributed by atoms with Gasteiger partial charge in [0.05, 0.1) is 17.4 Å². The van der Waals surface area contributed by atoms with Crippen LogP contribution in [0.3, 0.4) is 0 Å². The molecule has 1 saturated heterocycles. The molecule has 136 valence electrons. The molecule has 0 saturated carbocycles. The van der Waals surface area contributed by atoms with Crippen molar-refractivity contribution in [2.24, 2.45) is 0 Å². The summed E-state index contributed by atoms with van der Waals surface area (Å²) in [5, 5.41) is 2.76. The summed E-state index contributed by atoms with van der Waals surface area (Å²) in [5.41, 5.74) is 0.465. The first-order valence-electron chi connectivity index (χ1n) is 8.25. The van der Waals surface area contributed by atoms with E-state index in [9.17, 15) is 18.0 Å². The van der Waals surface area contributed by atoms with Gasteiger partial charge >= 0.3 is 5.97 Å². The van der Waals surface area contributed by atoms with Gasteiger partial charge in [0.2, 0.25) is 15.9 Å². The lowest BCUT2D eigenvalue weighted by Gasteiger charge is -2.32. The Morgan fingerprint density at radius 1 is 1.32 bits per heavy atom. The fourth-order valence-electron chi connectivity index (χ4n) is 3.41. The van der Waals surface area contributed by atoms with Crippen LogP contribution in [-0.2, 0) is 29.8 Å². The van der Waals surface area contributed by atoms with E-state index < -0.39 is 27.4 Å². The smallest absolute Gasteiger partial charge is 0.324 e. The van der Waals surface area contributed by atoms with Gasteiger partial charge in [-0.1, -0.05) is 0 Å². The van der Waals surface area contributed by atoms with Crippen LogP contribution in [0.1, 0.15) is 38.7 Å². The quantitative estimate of drug-likeness (QED) is 0.821. The number of hydrogen-bond donors (Lipinski definition) is 1. The van der Waals surface area contributed by atoms with Crippen molar-refractivity contribution in [1.29, 1.82) is 0 Å². The fourth-order valence-corrected chi connectivity index (χ4v) is 5.08. The number of carbonyl (C=O) groups is 2.